The van der Waals surface area contributed by atoms with Gasteiger partial charge < -0.3 is 15.2 Å². The molecular weight excluding hydrogens is 198 g/mol. The zero-order valence-electron chi connectivity index (χ0n) is 9.66. The van der Waals surface area contributed by atoms with Crippen molar-refractivity contribution in [2.75, 3.05) is 0 Å². The van der Waals surface area contributed by atoms with E-state index in [1.165, 1.54) is 0 Å². The topological polar surface area (TPSA) is 75.6 Å². The molecule has 0 spiro atoms. The van der Waals surface area contributed by atoms with Crippen LogP contribution in [0, 0.1) is 0 Å². The maximum absolute atomic E-state index is 11.3. The SMILES string of the molecule is CC[C@H](CC(=O)O)NC(=O)OC(C)(C)C. The molecule has 0 aromatic rings. The highest BCUT2D eigenvalue weighted by atomic mass is 16.6. The predicted octanol–water partition coefficient (Wildman–Crippen LogP) is 1.76. The van der Waals surface area contributed by atoms with Crippen molar-refractivity contribution in [2.45, 2.75) is 52.2 Å². The van der Waals surface area contributed by atoms with Crippen LogP contribution in [-0.4, -0.2) is 28.8 Å². The summed E-state index contributed by atoms with van der Waals surface area (Å²) in [4.78, 5) is 21.7. The van der Waals surface area contributed by atoms with Crippen LogP contribution in [0.1, 0.15) is 40.5 Å². The van der Waals surface area contributed by atoms with Crippen LogP contribution in [0.4, 0.5) is 4.79 Å². The van der Waals surface area contributed by atoms with Gasteiger partial charge in [0.1, 0.15) is 5.60 Å². The van der Waals surface area contributed by atoms with Crippen LogP contribution < -0.4 is 5.32 Å². The summed E-state index contributed by atoms with van der Waals surface area (Å²) in [6, 6.07) is -0.377. The summed E-state index contributed by atoms with van der Waals surface area (Å²) >= 11 is 0. The van der Waals surface area contributed by atoms with E-state index in [0.29, 0.717) is 6.42 Å². The molecule has 0 fully saturated rings. The van der Waals surface area contributed by atoms with Crippen LogP contribution in [0.5, 0.6) is 0 Å². The number of rotatable bonds is 4. The van der Waals surface area contributed by atoms with Gasteiger partial charge in [0.15, 0.2) is 0 Å². The van der Waals surface area contributed by atoms with Gasteiger partial charge in [0.05, 0.1) is 6.42 Å². The van der Waals surface area contributed by atoms with E-state index in [2.05, 4.69) is 5.32 Å². The third-order valence-corrected chi connectivity index (χ3v) is 1.63. The number of hydrogen-bond donors (Lipinski definition) is 2. The zero-order valence-corrected chi connectivity index (χ0v) is 9.66. The minimum atomic E-state index is -0.932. The normalized spacial score (nSPS) is 13.1. The second-order valence-corrected chi connectivity index (χ2v) is 4.35. The van der Waals surface area contributed by atoms with Crippen LogP contribution in [0.3, 0.4) is 0 Å². The Hall–Kier alpha value is -1.26. The lowest BCUT2D eigenvalue weighted by atomic mass is 10.1. The van der Waals surface area contributed by atoms with E-state index >= 15 is 0 Å². The molecule has 0 saturated heterocycles. The van der Waals surface area contributed by atoms with Crippen molar-refractivity contribution in [3.63, 3.8) is 0 Å². The molecule has 0 heterocycles. The van der Waals surface area contributed by atoms with Crippen molar-refractivity contribution in [1.29, 1.82) is 0 Å². The Balaban J connectivity index is 4.07. The Labute approximate surface area is 89.8 Å². The van der Waals surface area contributed by atoms with Crippen molar-refractivity contribution in [3.05, 3.63) is 0 Å². The average Bonchev–Trinajstić information content (AvgIpc) is 1.98. The Morgan fingerprint density at radius 1 is 1.40 bits per heavy atom. The van der Waals surface area contributed by atoms with Crippen molar-refractivity contribution in [3.8, 4) is 0 Å². The Kier molecular flexibility index (Phi) is 5.11. The van der Waals surface area contributed by atoms with Crippen molar-refractivity contribution in [1.82, 2.24) is 5.32 Å². The summed E-state index contributed by atoms with van der Waals surface area (Å²) in [7, 11) is 0. The second kappa shape index (κ2) is 5.58. The quantitative estimate of drug-likeness (QED) is 0.752. The molecule has 0 aliphatic heterocycles. The first-order valence-electron chi connectivity index (χ1n) is 4.96. The summed E-state index contributed by atoms with van der Waals surface area (Å²) in [5.74, 6) is -0.932. The number of carbonyl (C=O) groups is 2. The summed E-state index contributed by atoms with van der Waals surface area (Å²) < 4.78 is 5.01. The number of hydrogen-bond acceptors (Lipinski definition) is 3. The van der Waals surface area contributed by atoms with Gasteiger partial charge in [-0.3, -0.25) is 4.79 Å². The molecule has 0 unspecified atom stereocenters. The third-order valence-electron chi connectivity index (χ3n) is 1.63. The minimum Gasteiger partial charge on any atom is -0.481 e. The monoisotopic (exact) mass is 217 g/mol. The fourth-order valence-electron chi connectivity index (χ4n) is 0.982. The lowest BCUT2D eigenvalue weighted by molar-refractivity contribution is -0.137. The van der Waals surface area contributed by atoms with Gasteiger partial charge in [-0.25, -0.2) is 4.79 Å². The van der Waals surface area contributed by atoms with Gasteiger partial charge >= 0.3 is 12.1 Å². The summed E-state index contributed by atoms with van der Waals surface area (Å²) in [5.41, 5.74) is -0.564. The van der Waals surface area contributed by atoms with E-state index < -0.39 is 17.7 Å². The Morgan fingerprint density at radius 3 is 2.27 bits per heavy atom. The molecule has 0 aromatic heterocycles. The van der Waals surface area contributed by atoms with E-state index in [0.717, 1.165) is 0 Å². The highest BCUT2D eigenvalue weighted by Gasteiger charge is 2.19. The van der Waals surface area contributed by atoms with E-state index in [1.54, 1.807) is 20.8 Å². The maximum atomic E-state index is 11.3. The smallest absolute Gasteiger partial charge is 0.407 e. The van der Waals surface area contributed by atoms with Gasteiger partial charge in [0.25, 0.3) is 0 Å². The van der Waals surface area contributed by atoms with Gasteiger partial charge in [-0.15, -0.1) is 0 Å². The van der Waals surface area contributed by atoms with E-state index in [-0.39, 0.29) is 12.5 Å². The molecule has 1 atom stereocenters. The van der Waals surface area contributed by atoms with Crippen molar-refractivity contribution in [2.24, 2.45) is 0 Å². The number of aliphatic carboxylic acids is 1. The number of ether oxygens (including phenoxy) is 1. The maximum Gasteiger partial charge on any atom is 0.407 e. The molecule has 5 heteroatoms. The van der Waals surface area contributed by atoms with Crippen LogP contribution in [0.25, 0.3) is 0 Å². The largest absolute Gasteiger partial charge is 0.481 e. The highest BCUT2D eigenvalue weighted by molar-refractivity contribution is 5.71. The van der Waals surface area contributed by atoms with Crippen molar-refractivity contribution < 1.29 is 19.4 Å². The lowest BCUT2D eigenvalue weighted by Gasteiger charge is -2.22. The van der Waals surface area contributed by atoms with Crippen LogP contribution in [-0.2, 0) is 9.53 Å². The van der Waals surface area contributed by atoms with Gasteiger partial charge in [-0.1, -0.05) is 6.92 Å². The number of carboxylic acid groups (broad SMARTS) is 1. The highest BCUT2D eigenvalue weighted by Crippen LogP contribution is 2.07. The summed E-state index contributed by atoms with van der Waals surface area (Å²) in [5, 5.41) is 11.1. The van der Waals surface area contributed by atoms with Crippen LogP contribution >= 0.6 is 0 Å². The molecule has 88 valence electrons. The second-order valence-electron chi connectivity index (χ2n) is 4.35. The van der Waals surface area contributed by atoms with Gasteiger partial charge in [-0.2, -0.15) is 0 Å². The minimum absolute atomic E-state index is 0.0876. The van der Waals surface area contributed by atoms with Gasteiger partial charge in [-0.05, 0) is 27.2 Å². The average molecular weight is 217 g/mol. The van der Waals surface area contributed by atoms with E-state index in [1.807, 2.05) is 6.92 Å². The lowest BCUT2D eigenvalue weighted by Crippen LogP contribution is -2.39. The molecule has 1 amide bonds. The molecule has 0 rings (SSSR count). The molecule has 5 nitrogen and oxygen atoms in total. The van der Waals surface area contributed by atoms with Gasteiger partial charge in [0.2, 0.25) is 0 Å². The third kappa shape index (κ3) is 7.78. The fraction of sp³-hybridized carbons (Fsp3) is 0.800. The number of amides is 1. The predicted molar refractivity (Wildman–Crippen MR) is 55.7 cm³/mol. The molecule has 0 saturated carbocycles. The first-order chi connectivity index (χ1) is 6.74. The van der Waals surface area contributed by atoms with E-state index in [9.17, 15) is 9.59 Å². The molecule has 2 N–H and O–H groups in total. The van der Waals surface area contributed by atoms with Crippen molar-refractivity contribution >= 4 is 12.1 Å². The number of nitrogens with one attached hydrogen (secondary N) is 1. The standard InChI is InChI=1S/C10H19NO4/c1-5-7(6-8(12)13)11-9(14)15-10(2,3)4/h7H,5-6H2,1-4H3,(H,11,14)(H,12,13)/t7-/m1/s1. The number of carbonyl (C=O) groups excluding carboxylic acids is 1. The van der Waals surface area contributed by atoms with Crippen LogP contribution in [0.2, 0.25) is 0 Å². The molecule has 0 aromatic carbocycles. The first kappa shape index (κ1) is 13.7. The molecule has 15 heavy (non-hydrogen) atoms. The zero-order chi connectivity index (χ0) is 12.1. The first-order valence-corrected chi connectivity index (χ1v) is 4.96. The Morgan fingerprint density at radius 2 is 1.93 bits per heavy atom. The van der Waals surface area contributed by atoms with Crippen LogP contribution in [0.15, 0.2) is 0 Å². The molecule has 0 bridgehead atoms. The summed E-state index contributed by atoms with van der Waals surface area (Å²) in [6.07, 6.45) is -0.100. The molecule has 0 aliphatic rings. The van der Waals surface area contributed by atoms with E-state index in [4.69, 9.17) is 9.84 Å². The molecule has 0 aliphatic carbocycles. The fourth-order valence-corrected chi connectivity index (χ4v) is 0.982. The molecular formula is C10H19NO4. The Bertz CT molecular complexity index is 232. The van der Waals surface area contributed by atoms with Gasteiger partial charge in [0, 0.05) is 6.04 Å². The number of alkyl carbamates (subject to hydrolysis) is 1. The number of carboxylic acids is 1. The molecule has 0 radical (unpaired) electrons. The summed E-state index contributed by atoms with van der Waals surface area (Å²) in [6.45, 7) is 7.07.